The largest absolute Gasteiger partial charge is 0.573 e. The molecular weight excluding hydrogens is 416 g/mol. The summed E-state index contributed by atoms with van der Waals surface area (Å²) in [5, 5.41) is 9.10. The van der Waals surface area contributed by atoms with Crippen LogP contribution in [0.1, 0.15) is 10.4 Å². The lowest BCUT2D eigenvalue weighted by Crippen LogP contribution is -2.17. The molecule has 1 N–H and O–H groups in total. The van der Waals surface area contributed by atoms with E-state index in [0.29, 0.717) is 0 Å². The van der Waals surface area contributed by atoms with E-state index in [2.05, 4.69) is 20.7 Å². The van der Waals surface area contributed by atoms with Crippen LogP contribution in [0.4, 0.5) is 17.6 Å². The lowest BCUT2D eigenvalue weighted by molar-refractivity contribution is -0.274. The number of rotatable bonds is 5. The van der Waals surface area contributed by atoms with Crippen molar-refractivity contribution in [3.05, 3.63) is 46.2 Å². The number of aromatic carboxylic acids is 1. The number of hydrogen-bond donors (Lipinski definition) is 1. The number of carbonyl (C=O) groups is 1. The summed E-state index contributed by atoms with van der Waals surface area (Å²) < 4.78 is 64.8. The fourth-order valence-electron chi connectivity index (χ4n) is 1.89. The zero-order chi connectivity index (χ0) is 18.8. The Morgan fingerprint density at radius 2 is 1.80 bits per heavy atom. The van der Waals surface area contributed by atoms with E-state index >= 15 is 0 Å². The van der Waals surface area contributed by atoms with E-state index in [1.807, 2.05) is 0 Å². The quantitative estimate of drug-likeness (QED) is 0.685. The third kappa shape index (κ3) is 4.75. The number of halogens is 5. The van der Waals surface area contributed by atoms with Gasteiger partial charge in [-0.1, -0.05) is 15.9 Å². The molecule has 0 aliphatic rings. The Morgan fingerprint density at radius 1 is 1.12 bits per heavy atom. The van der Waals surface area contributed by atoms with Gasteiger partial charge < -0.3 is 19.3 Å². The van der Waals surface area contributed by atoms with Crippen LogP contribution in [0, 0.1) is 5.82 Å². The summed E-state index contributed by atoms with van der Waals surface area (Å²) >= 11 is 3.00. The molecule has 2 rings (SSSR count). The summed E-state index contributed by atoms with van der Waals surface area (Å²) in [6, 6.07) is 5.06. The minimum atomic E-state index is -4.89. The van der Waals surface area contributed by atoms with E-state index in [0.717, 1.165) is 24.3 Å². The van der Waals surface area contributed by atoms with E-state index in [1.165, 1.54) is 13.2 Å². The van der Waals surface area contributed by atoms with E-state index < -0.39 is 29.5 Å². The standard InChI is InChI=1S/C15H9BrF4O5/c1-23-11-6-8(25-15(18,19)20)2-3-10(11)24-12-5-7(16)4-9(17)13(12)14(21)22/h2-6H,1H3,(H,21,22). The van der Waals surface area contributed by atoms with Crippen molar-refractivity contribution < 1.29 is 41.7 Å². The molecule has 0 saturated heterocycles. The van der Waals surface area contributed by atoms with E-state index in [9.17, 15) is 22.4 Å². The van der Waals surface area contributed by atoms with Crippen molar-refractivity contribution in [2.45, 2.75) is 6.36 Å². The first kappa shape index (κ1) is 18.8. The topological polar surface area (TPSA) is 65.0 Å². The van der Waals surface area contributed by atoms with Gasteiger partial charge in [-0.25, -0.2) is 9.18 Å². The summed E-state index contributed by atoms with van der Waals surface area (Å²) in [5.41, 5.74) is -0.735. The van der Waals surface area contributed by atoms with Crippen LogP contribution in [0.25, 0.3) is 0 Å². The zero-order valence-electron chi connectivity index (χ0n) is 12.4. The first-order valence-corrected chi connectivity index (χ1v) is 7.24. The molecule has 0 atom stereocenters. The smallest absolute Gasteiger partial charge is 0.493 e. The molecule has 2 aromatic carbocycles. The van der Waals surface area contributed by atoms with E-state index in [1.54, 1.807) is 0 Å². The maximum Gasteiger partial charge on any atom is 0.573 e. The van der Waals surface area contributed by atoms with Crippen LogP contribution in [0.2, 0.25) is 0 Å². The molecule has 0 fully saturated rings. The van der Waals surface area contributed by atoms with Crippen LogP contribution in [0.15, 0.2) is 34.8 Å². The van der Waals surface area contributed by atoms with Crippen molar-refractivity contribution >= 4 is 21.9 Å². The minimum absolute atomic E-state index is 0.128. The van der Waals surface area contributed by atoms with Gasteiger partial charge in [0.25, 0.3) is 0 Å². The van der Waals surface area contributed by atoms with Gasteiger partial charge in [0.05, 0.1) is 7.11 Å². The first-order chi connectivity index (χ1) is 11.6. The summed E-state index contributed by atoms with van der Waals surface area (Å²) in [5.74, 6) is -3.84. The molecule has 10 heteroatoms. The molecule has 0 heterocycles. The Morgan fingerprint density at radius 3 is 2.36 bits per heavy atom. The number of methoxy groups -OCH3 is 1. The lowest BCUT2D eigenvalue weighted by atomic mass is 10.2. The molecule has 25 heavy (non-hydrogen) atoms. The molecular formula is C15H9BrF4O5. The number of hydrogen-bond acceptors (Lipinski definition) is 4. The average molecular weight is 425 g/mol. The second kappa shape index (κ2) is 7.18. The Balaban J connectivity index is 2.42. The van der Waals surface area contributed by atoms with Crippen LogP contribution < -0.4 is 14.2 Å². The summed E-state index contributed by atoms with van der Waals surface area (Å²) in [7, 11) is 1.17. The zero-order valence-corrected chi connectivity index (χ0v) is 13.9. The van der Waals surface area contributed by atoms with Crippen LogP contribution in [0.5, 0.6) is 23.0 Å². The molecule has 0 aliphatic heterocycles. The molecule has 0 spiro atoms. The van der Waals surface area contributed by atoms with Crippen LogP contribution in [-0.2, 0) is 0 Å². The maximum atomic E-state index is 13.8. The molecule has 0 bridgehead atoms. The third-order valence-corrected chi connectivity index (χ3v) is 3.28. The molecule has 0 radical (unpaired) electrons. The van der Waals surface area contributed by atoms with Crippen molar-refractivity contribution in [3.8, 4) is 23.0 Å². The Labute approximate surface area is 146 Å². The van der Waals surface area contributed by atoms with Gasteiger partial charge in [0.1, 0.15) is 22.9 Å². The highest BCUT2D eigenvalue weighted by molar-refractivity contribution is 9.10. The monoisotopic (exact) mass is 424 g/mol. The Bertz CT molecular complexity index is 807. The minimum Gasteiger partial charge on any atom is -0.493 e. The number of alkyl halides is 3. The predicted octanol–water partition coefficient (Wildman–Crippen LogP) is 4.99. The van der Waals surface area contributed by atoms with Gasteiger partial charge in [0.15, 0.2) is 11.5 Å². The molecule has 0 amide bonds. The van der Waals surface area contributed by atoms with Gasteiger partial charge >= 0.3 is 12.3 Å². The third-order valence-electron chi connectivity index (χ3n) is 2.82. The fourth-order valence-corrected chi connectivity index (χ4v) is 2.29. The second-order valence-corrected chi connectivity index (χ2v) is 5.44. The van der Waals surface area contributed by atoms with Gasteiger partial charge in [-0.05, 0) is 24.3 Å². The number of ether oxygens (including phenoxy) is 3. The highest BCUT2D eigenvalue weighted by Gasteiger charge is 2.31. The van der Waals surface area contributed by atoms with Gasteiger partial charge in [-0.3, -0.25) is 0 Å². The van der Waals surface area contributed by atoms with E-state index in [4.69, 9.17) is 14.6 Å². The van der Waals surface area contributed by atoms with Gasteiger partial charge in [0.2, 0.25) is 0 Å². The highest BCUT2D eigenvalue weighted by Crippen LogP contribution is 2.38. The SMILES string of the molecule is COc1cc(OC(F)(F)F)ccc1Oc1cc(Br)cc(F)c1C(=O)O. The van der Waals surface area contributed by atoms with Crippen molar-refractivity contribution in [1.82, 2.24) is 0 Å². The molecule has 5 nitrogen and oxygen atoms in total. The number of benzene rings is 2. The number of carboxylic acid groups (broad SMARTS) is 1. The predicted molar refractivity (Wildman–Crippen MR) is 80.8 cm³/mol. The summed E-state index contributed by atoms with van der Waals surface area (Å²) in [6.45, 7) is 0. The van der Waals surface area contributed by atoms with Crippen molar-refractivity contribution in [3.63, 3.8) is 0 Å². The highest BCUT2D eigenvalue weighted by atomic mass is 79.9. The molecule has 0 aliphatic carbocycles. The van der Waals surface area contributed by atoms with Crippen LogP contribution in [-0.4, -0.2) is 24.5 Å². The van der Waals surface area contributed by atoms with Crippen LogP contribution in [0.3, 0.4) is 0 Å². The fraction of sp³-hybridized carbons (Fsp3) is 0.133. The van der Waals surface area contributed by atoms with Crippen LogP contribution >= 0.6 is 15.9 Å². The first-order valence-electron chi connectivity index (χ1n) is 6.44. The molecule has 0 saturated carbocycles. The van der Waals surface area contributed by atoms with Gasteiger partial charge in [0, 0.05) is 10.5 Å². The number of carboxylic acids is 1. The van der Waals surface area contributed by atoms with Gasteiger partial charge in [-0.15, -0.1) is 13.2 Å². The second-order valence-electron chi connectivity index (χ2n) is 4.53. The molecule has 134 valence electrons. The Kier molecular flexibility index (Phi) is 5.41. The summed E-state index contributed by atoms with van der Waals surface area (Å²) in [6.07, 6.45) is -4.89. The van der Waals surface area contributed by atoms with Crippen molar-refractivity contribution in [1.29, 1.82) is 0 Å². The molecule has 2 aromatic rings. The lowest BCUT2D eigenvalue weighted by Gasteiger charge is -2.15. The average Bonchev–Trinajstić information content (AvgIpc) is 2.46. The maximum absolute atomic E-state index is 13.8. The summed E-state index contributed by atoms with van der Waals surface area (Å²) in [4.78, 5) is 11.2. The Hall–Kier alpha value is -2.49. The van der Waals surface area contributed by atoms with Crippen molar-refractivity contribution in [2.75, 3.05) is 7.11 Å². The van der Waals surface area contributed by atoms with Crippen molar-refractivity contribution in [2.24, 2.45) is 0 Å². The van der Waals surface area contributed by atoms with E-state index in [-0.39, 0.29) is 21.7 Å². The molecule has 0 unspecified atom stereocenters. The van der Waals surface area contributed by atoms with Gasteiger partial charge in [-0.2, -0.15) is 0 Å². The molecule has 0 aromatic heterocycles. The normalized spacial score (nSPS) is 11.1.